The average Bonchev–Trinajstić information content (AvgIpc) is 2.98. The maximum atomic E-state index is 12.2. The van der Waals surface area contributed by atoms with Crippen molar-refractivity contribution < 1.29 is 4.79 Å². The third kappa shape index (κ3) is 2.51. The molecule has 5 heteroatoms. The second-order valence-corrected chi connectivity index (χ2v) is 5.99. The van der Waals surface area contributed by atoms with Crippen LogP contribution >= 0.6 is 11.6 Å². The zero-order valence-corrected chi connectivity index (χ0v) is 13.0. The van der Waals surface area contributed by atoms with Crippen molar-refractivity contribution in [2.75, 3.05) is 5.32 Å². The number of nitrogens with one attached hydrogen (secondary N) is 1. The van der Waals surface area contributed by atoms with Gasteiger partial charge < -0.3 is 5.32 Å². The number of nitrogens with zero attached hydrogens (tertiary/aromatic N) is 2. The van der Waals surface area contributed by atoms with E-state index in [-0.39, 0.29) is 11.8 Å². The third-order valence-electron chi connectivity index (χ3n) is 4.07. The van der Waals surface area contributed by atoms with Crippen LogP contribution < -0.4 is 5.32 Å². The zero-order chi connectivity index (χ0) is 15.8. The van der Waals surface area contributed by atoms with Crippen LogP contribution in [0.1, 0.15) is 23.5 Å². The first kappa shape index (κ1) is 14.0. The molecule has 2 aromatic carbocycles. The van der Waals surface area contributed by atoms with Gasteiger partial charge in [-0.25, -0.2) is 4.68 Å². The molecule has 4 nitrogen and oxygen atoms in total. The van der Waals surface area contributed by atoms with E-state index in [1.165, 1.54) is 0 Å². The zero-order valence-electron chi connectivity index (χ0n) is 12.2. The molecule has 23 heavy (non-hydrogen) atoms. The Kier molecular flexibility index (Phi) is 3.39. The van der Waals surface area contributed by atoms with E-state index in [2.05, 4.69) is 10.4 Å². The van der Waals surface area contributed by atoms with Gasteiger partial charge in [0, 0.05) is 22.9 Å². The first-order chi connectivity index (χ1) is 11.2. The maximum Gasteiger partial charge on any atom is 0.226 e. The molecule has 114 valence electrons. The summed E-state index contributed by atoms with van der Waals surface area (Å²) in [5.74, 6) is 0.687. The molecule has 0 aliphatic carbocycles. The molecule has 0 radical (unpaired) electrons. The van der Waals surface area contributed by atoms with Crippen LogP contribution in [-0.4, -0.2) is 15.7 Å². The van der Waals surface area contributed by atoms with Gasteiger partial charge >= 0.3 is 0 Å². The lowest BCUT2D eigenvalue weighted by molar-refractivity contribution is -0.116. The van der Waals surface area contributed by atoms with Crippen LogP contribution in [0.25, 0.3) is 5.69 Å². The largest absolute Gasteiger partial charge is 0.310 e. The number of hydrogen-bond donors (Lipinski definition) is 1. The molecule has 2 heterocycles. The van der Waals surface area contributed by atoms with Gasteiger partial charge in [0.25, 0.3) is 0 Å². The second-order valence-electron chi connectivity index (χ2n) is 5.56. The summed E-state index contributed by atoms with van der Waals surface area (Å²) in [6, 6.07) is 17.4. The van der Waals surface area contributed by atoms with Crippen molar-refractivity contribution in [2.24, 2.45) is 0 Å². The predicted molar refractivity (Wildman–Crippen MR) is 90.1 cm³/mol. The van der Waals surface area contributed by atoms with Gasteiger partial charge in [-0.05, 0) is 29.8 Å². The molecule has 1 aliphatic heterocycles. The highest BCUT2D eigenvalue weighted by atomic mass is 35.5. The molecule has 1 aliphatic rings. The van der Waals surface area contributed by atoms with Crippen molar-refractivity contribution in [1.82, 2.24) is 9.78 Å². The maximum absolute atomic E-state index is 12.2. The molecule has 0 saturated carbocycles. The number of benzene rings is 2. The van der Waals surface area contributed by atoms with Crippen LogP contribution in [0.3, 0.4) is 0 Å². The molecule has 3 aromatic rings. The number of halogens is 1. The summed E-state index contributed by atoms with van der Waals surface area (Å²) in [5.41, 5.74) is 2.96. The molecule has 1 aromatic heterocycles. The van der Waals surface area contributed by atoms with Crippen LogP contribution in [0, 0.1) is 0 Å². The van der Waals surface area contributed by atoms with E-state index in [0.29, 0.717) is 11.4 Å². The fourth-order valence-electron chi connectivity index (χ4n) is 3.01. The Morgan fingerprint density at radius 1 is 1.13 bits per heavy atom. The highest BCUT2D eigenvalue weighted by Gasteiger charge is 2.30. The van der Waals surface area contributed by atoms with Crippen LogP contribution in [-0.2, 0) is 4.79 Å². The summed E-state index contributed by atoms with van der Waals surface area (Å²) in [6.07, 6.45) is 2.22. The molecular formula is C18H14ClN3O. The van der Waals surface area contributed by atoms with Gasteiger partial charge in [-0.1, -0.05) is 41.9 Å². The van der Waals surface area contributed by atoms with Crippen LogP contribution in [0.2, 0.25) is 5.02 Å². The Labute approximate surface area is 138 Å². The summed E-state index contributed by atoms with van der Waals surface area (Å²) < 4.78 is 1.77. The van der Waals surface area contributed by atoms with E-state index in [4.69, 9.17) is 11.6 Å². The van der Waals surface area contributed by atoms with E-state index < -0.39 is 0 Å². The lowest BCUT2D eigenvalue weighted by atomic mass is 9.87. The smallest absolute Gasteiger partial charge is 0.226 e. The van der Waals surface area contributed by atoms with E-state index >= 15 is 0 Å². The fourth-order valence-corrected chi connectivity index (χ4v) is 3.20. The van der Waals surface area contributed by atoms with E-state index in [0.717, 1.165) is 22.6 Å². The minimum absolute atomic E-state index is 0.0137. The van der Waals surface area contributed by atoms with Gasteiger partial charge in [-0.3, -0.25) is 4.79 Å². The third-order valence-corrected chi connectivity index (χ3v) is 4.31. The van der Waals surface area contributed by atoms with Gasteiger partial charge in [0.1, 0.15) is 5.82 Å². The normalized spacial score (nSPS) is 16.7. The Bertz CT molecular complexity index is 873. The number of carbonyl (C=O) groups excluding carboxylic acids is 1. The molecule has 0 fully saturated rings. The monoisotopic (exact) mass is 323 g/mol. The Balaban J connectivity index is 1.83. The quantitative estimate of drug-likeness (QED) is 0.775. The molecular weight excluding hydrogens is 310 g/mol. The molecule has 0 spiro atoms. The van der Waals surface area contributed by atoms with E-state index in [1.807, 2.05) is 60.8 Å². The predicted octanol–water partition coefficient (Wildman–Crippen LogP) is 4.00. The van der Waals surface area contributed by atoms with Crippen molar-refractivity contribution in [3.05, 3.63) is 76.9 Å². The summed E-state index contributed by atoms with van der Waals surface area (Å²) in [4.78, 5) is 12.2. The molecule has 0 saturated heterocycles. The van der Waals surface area contributed by atoms with E-state index in [9.17, 15) is 4.79 Å². The minimum Gasteiger partial charge on any atom is -0.310 e. The number of anilines is 1. The highest BCUT2D eigenvalue weighted by Crippen LogP contribution is 2.38. The summed E-state index contributed by atoms with van der Waals surface area (Å²) in [5, 5.41) is 8.09. The minimum atomic E-state index is -0.0325. The molecule has 0 unspecified atom stereocenters. The van der Waals surface area contributed by atoms with Gasteiger partial charge in [0.15, 0.2) is 0 Å². The Hall–Kier alpha value is -2.59. The van der Waals surface area contributed by atoms with Crippen LogP contribution in [0.5, 0.6) is 0 Å². The first-order valence-corrected chi connectivity index (χ1v) is 7.79. The molecule has 1 N–H and O–H groups in total. The van der Waals surface area contributed by atoms with Gasteiger partial charge in [-0.2, -0.15) is 5.10 Å². The molecule has 0 bridgehead atoms. The Morgan fingerprint density at radius 3 is 2.74 bits per heavy atom. The van der Waals surface area contributed by atoms with Crippen LogP contribution in [0.15, 0.2) is 60.8 Å². The average molecular weight is 324 g/mol. The van der Waals surface area contributed by atoms with Crippen LogP contribution in [0.4, 0.5) is 5.82 Å². The van der Waals surface area contributed by atoms with Crippen molar-refractivity contribution in [2.45, 2.75) is 12.3 Å². The number of fused-ring (bicyclic) bond motifs is 1. The summed E-state index contributed by atoms with van der Waals surface area (Å²) in [6.45, 7) is 0. The number of rotatable bonds is 2. The molecule has 1 atom stereocenters. The Morgan fingerprint density at radius 2 is 1.96 bits per heavy atom. The van der Waals surface area contributed by atoms with E-state index in [1.54, 1.807) is 4.68 Å². The first-order valence-electron chi connectivity index (χ1n) is 7.41. The number of hydrogen-bond acceptors (Lipinski definition) is 2. The topological polar surface area (TPSA) is 46.9 Å². The number of carbonyl (C=O) groups is 1. The summed E-state index contributed by atoms with van der Waals surface area (Å²) in [7, 11) is 0. The lowest BCUT2D eigenvalue weighted by Crippen LogP contribution is -2.24. The van der Waals surface area contributed by atoms with Gasteiger partial charge in [-0.15, -0.1) is 0 Å². The fraction of sp³-hybridized carbons (Fsp3) is 0.111. The number of aromatic nitrogens is 2. The van der Waals surface area contributed by atoms with Crippen molar-refractivity contribution in [3.8, 4) is 5.69 Å². The van der Waals surface area contributed by atoms with Crippen molar-refractivity contribution >= 4 is 23.3 Å². The lowest BCUT2D eigenvalue weighted by Gasteiger charge is -2.24. The number of amides is 1. The van der Waals surface area contributed by atoms with Gasteiger partial charge in [0.05, 0.1) is 11.9 Å². The SMILES string of the molecule is O=C1C[C@@H](c2cccc(Cl)c2)c2cnn(-c3ccccc3)c2N1. The number of para-hydroxylation sites is 1. The second kappa shape index (κ2) is 5.56. The standard InChI is InChI=1S/C18H14ClN3O/c19-13-6-4-5-12(9-13)15-10-17(23)21-18-16(15)11-20-22(18)14-7-2-1-3-8-14/h1-9,11,15H,10H2,(H,21,23)/t15-/m0/s1. The molecule has 4 rings (SSSR count). The summed E-state index contributed by atoms with van der Waals surface area (Å²) >= 11 is 6.11. The van der Waals surface area contributed by atoms with Crippen molar-refractivity contribution in [1.29, 1.82) is 0 Å². The van der Waals surface area contributed by atoms with Gasteiger partial charge in [0.2, 0.25) is 5.91 Å². The van der Waals surface area contributed by atoms with Crippen molar-refractivity contribution in [3.63, 3.8) is 0 Å². The highest BCUT2D eigenvalue weighted by molar-refractivity contribution is 6.30. The molecule has 1 amide bonds.